The van der Waals surface area contributed by atoms with Crippen LogP contribution in [-0.2, 0) is 14.8 Å². The van der Waals surface area contributed by atoms with Crippen LogP contribution >= 0.6 is 15.9 Å². The molecule has 2 aromatic carbocycles. The van der Waals surface area contributed by atoms with Crippen molar-refractivity contribution in [1.29, 1.82) is 0 Å². The fourth-order valence-electron chi connectivity index (χ4n) is 3.00. The molecule has 1 heterocycles. The number of carbonyl (C=O) groups excluding carboxylic acids is 1. The Morgan fingerprint density at radius 3 is 2.48 bits per heavy atom. The van der Waals surface area contributed by atoms with E-state index in [1.165, 1.54) is 0 Å². The maximum Gasteiger partial charge on any atom is 0.262 e. The van der Waals surface area contributed by atoms with Crippen molar-refractivity contribution in [2.75, 3.05) is 16.2 Å². The summed E-state index contributed by atoms with van der Waals surface area (Å²) in [6, 6.07) is 10.4. The lowest BCUT2D eigenvalue weighted by Gasteiger charge is -2.19. The molecule has 132 valence electrons. The Kier molecular flexibility index (Phi) is 4.88. The van der Waals surface area contributed by atoms with Gasteiger partial charge in [0.05, 0.1) is 4.90 Å². The molecule has 1 N–H and O–H groups in total. The normalized spacial score (nSPS) is 14.8. The number of nitrogens with zero attached hydrogens (tertiary/aromatic N) is 1. The van der Waals surface area contributed by atoms with Gasteiger partial charge in [-0.2, -0.15) is 0 Å². The van der Waals surface area contributed by atoms with Crippen LogP contribution in [0.5, 0.6) is 0 Å². The molecule has 0 bridgehead atoms. The highest BCUT2D eigenvalue weighted by molar-refractivity contribution is 9.10. The Hall–Kier alpha value is -1.86. The second-order valence-corrected chi connectivity index (χ2v) is 8.73. The summed E-state index contributed by atoms with van der Waals surface area (Å²) in [6.07, 6.45) is 1.42. The summed E-state index contributed by atoms with van der Waals surface area (Å²) in [5.74, 6) is 0.112. The zero-order chi connectivity index (χ0) is 18.2. The third-order valence-electron chi connectivity index (χ3n) is 4.25. The van der Waals surface area contributed by atoms with Gasteiger partial charge in [0, 0.05) is 28.8 Å². The second-order valence-electron chi connectivity index (χ2n) is 6.17. The number of amides is 1. The third kappa shape index (κ3) is 3.72. The Morgan fingerprint density at radius 2 is 1.84 bits per heavy atom. The average molecular weight is 423 g/mol. The fraction of sp³-hybridized carbons (Fsp3) is 0.278. The molecule has 0 atom stereocenters. The number of hydrogen-bond donors (Lipinski definition) is 1. The highest BCUT2D eigenvalue weighted by Gasteiger charge is 2.23. The van der Waals surface area contributed by atoms with Crippen molar-refractivity contribution >= 4 is 43.2 Å². The number of rotatable bonds is 4. The highest BCUT2D eigenvalue weighted by atomic mass is 79.9. The molecule has 25 heavy (non-hydrogen) atoms. The van der Waals surface area contributed by atoms with Gasteiger partial charge in [-0.15, -0.1) is 0 Å². The second kappa shape index (κ2) is 6.80. The molecule has 1 fully saturated rings. The molecule has 2 aromatic rings. The van der Waals surface area contributed by atoms with Gasteiger partial charge in [-0.05, 0) is 61.7 Å². The van der Waals surface area contributed by atoms with E-state index in [4.69, 9.17) is 0 Å². The molecular formula is C18H19BrN2O3S. The van der Waals surface area contributed by atoms with Crippen molar-refractivity contribution in [2.45, 2.75) is 31.6 Å². The van der Waals surface area contributed by atoms with Crippen molar-refractivity contribution in [3.8, 4) is 0 Å². The molecule has 0 aliphatic carbocycles. The molecule has 0 radical (unpaired) electrons. The Labute approximate surface area is 156 Å². The zero-order valence-corrected chi connectivity index (χ0v) is 16.4. The van der Waals surface area contributed by atoms with E-state index < -0.39 is 10.0 Å². The van der Waals surface area contributed by atoms with Crippen LogP contribution in [0, 0.1) is 13.8 Å². The summed E-state index contributed by atoms with van der Waals surface area (Å²) in [5, 5.41) is 0. The Bertz CT molecular complexity index is 941. The van der Waals surface area contributed by atoms with E-state index in [2.05, 4.69) is 20.7 Å². The van der Waals surface area contributed by atoms with Gasteiger partial charge in [-0.1, -0.05) is 22.0 Å². The van der Waals surface area contributed by atoms with Crippen LogP contribution in [0.2, 0.25) is 0 Å². The lowest BCUT2D eigenvalue weighted by molar-refractivity contribution is -0.117. The number of anilines is 2. The maximum atomic E-state index is 12.7. The molecule has 1 aliphatic rings. The van der Waals surface area contributed by atoms with E-state index >= 15 is 0 Å². The molecule has 1 saturated heterocycles. The first-order valence-electron chi connectivity index (χ1n) is 7.98. The molecule has 3 rings (SSSR count). The van der Waals surface area contributed by atoms with Gasteiger partial charge in [-0.3, -0.25) is 9.52 Å². The number of halogens is 1. The lowest BCUT2D eigenvalue weighted by Crippen LogP contribution is -2.24. The number of sulfonamides is 1. The molecule has 0 saturated carbocycles. The van der Waals surface area contributed by atoms with Crippen LogP contribution in [0.1, 0.15) is 24.0 Å². The van der Waals surface area contributed by atoms with Crippen LogP contribution in [0.15, 0.2) is 45.8 Å². The molecule has 1 aliphatic heterocycles. The average Bonchev–Trinajstić information content (AvgIpc) is 2.95. The van der Waals surface area contributed by atoms with Crippen LogP contribution in [0.25, 0.3) is 0 Å². The van der Waals surface area contributed by atoms with Gasteiger partial charge in [0.1, 0.15) is 0 Å². The third-order valence-corrected chi connectivity index (χ3v) is 6.27. The van der Waals surface area contributed by atoms with E-state index in [-0.39, 0.29) is 10.8 Å². The number of aryl methyl sites for hydroxylation is 2. The molecule has 0 spiro atoms. The van der Waals surface area contributed by atoms with Crippen molar-refractivity contribution in [3.63, 3.8) is 0 Å². The van der Waals surface area contributed by atoms with Crippen molar-refractivity contribution in [2.24, 2.45) is 0 Å². The maximum absolute atomic E-state index is 12.7. The molecule has 7 heteroatoms. The predicted molar refractivity (Wildman–Crippen MR) is 102 cm³/mol. The first kappa shape index (κ1) is 17.9. The van der Waals surface area contributed by atoms with Gasteiger partial charge in [0.2, 0.25) is 5.91 Å². The Balaban J connectivity index is 1.89. The first-order valence-corrected chi connectivity index (χ1v) is 10.3. The number of benzene rings is 2. The van der Waals surface area contributed by atoms with E-state index in [9.17, 15) is 13.2 Å². The van der Waals surface area contributed by atoms with Crippen molar-refractivity contribution in [3.05, 3.63) is 52.0 Å². The number of carbonyl (C=O) groups is 1. The van der Waals surface area contributed by atoms with Crippen molar-refractivity contribution < 1.29 is 13.2 Å². The van der Waals surface area contributed by atoms with E-state index in [1.54, 1.807) is 48.2 Å². The largest absolute Gasteiger partial charge is 0.312 e. The molecule has 1 amide bonds. The minimum absolute atomic E-state index is 0.112. The lowest BCUT2D eigenvalue weighted by atomic mass is 10.1. The Morgan fingerprint density at radius 1 is 1.08 bits per heavy atom. The standard InChI is InChI=1S/C18H19BrN2O3S/c1-12-5-6-14(19)11-17(12)25(23,24)20-15-7-8-16(13(2)10-15)21-9-3-4-18(21)22/h5-8,10-11,20H,3-4,9H2,1-2H3. The monoisotopic (exact) mass is 422 g/mol. The smallest absolute Gasteiger partial charge is 0.262 e. The SMILES string of the molecule is Cc1cc(NS(=O)(=O)c2cc(Br)ccc2C)ccc1N1CCCC1=O. The van der Waals surface area contributed by atoms with Crippen LogP contribution in [-0.4, -0.2) is 20.9 Å². The van der Waals surface area contributed by atoms with Gasteiger partial charge in [0.15, 0.2) is 0 Å². The zero-order valence-electron chi connectivity index (χ0n) is 14.0. The van der Waals surface area contributed by atoms with E-state index in [0.29, 0.717) is 28.7 Å². The molecule has 0 unspecified atom stereocenters. The number of nitrogens with one attached hydrogen (secondary N) is 1. The summed E-state index contributed by atoms with van der Waals surface area (Å²) in [6.45, 7) is 4.35. The summed E-state index contributed by atoms with van der Waals surface area (Å²) in [4.78, 5) is 13.9. The minimum Gasteiger partial charge on any atom is -0.312 e. The summed E-state index contributed by atoms with van der Waals surface area (Å²) >= 11 is 3.31. The number of hydrogen-bond acceptors (Lipinski definition) is 3. The summed E-state index contributed by atoms with van der Waals surface area (Å²) in [5.41, 5.74) is 2.85. The van der Waals surface area contributed by atoms with Crippen LogP contribution in [0.4, 0.5) is 11.4 Å². The molecular weight excluding hydrogens is 404 g/mol. The minimum atomic E-state index is -3.69. The quantitative estimate of drug-likeness (QED) is 0.809. The topological polar surface area (TPSA) is 66.5 Å². The molecule has 5 nitrogen and oxygen atoms in total. The van der Waals surface area contributed by atoms with Crippen LogP contribution < -0.4 is 9.62 Å². The fourth-order valence-corrected chi connectivity index (χ4v) is 4.83. The summed E-state index contributed by atoms with van der Waals surface area (Å²) in [7, 11) is -3.69. The van der Waals surface area contributed by atoms with E-state index in [0.717, 1.165) is 17.7 Å². The molecule has 0 aromatic heterocycles. The van der Waals surface area contributed by atoms with Gasteiger partial charge in [0.25, 0.3) is 10.0 Å². The van der Waals surface area contributed by atoms with Gasteiger partial charge in [-0.25, -0.2) is 8.42 Å². The van der Waals surface area contributed by atoms with Gasteiger partial charge >= 0.3 is 0 Å². The highest BCUT2D eigenvalue weighted by Crippen LogP contribution is 2.29. The van der Waals surface area contributed by atoms with E-state index in [1.807, 2.05) is 6.92 Å². The first-order chi connectivity index (χ1) is 11.8. The van der Waals surface area contributed by atoms with Crippen molar-refractivity contribution in [1.82, 2.24) is 0 Å². The predicted octanol–water partition coefficient (Wildman–Crippen LogP) is 3.99. The van der Waals surface area contributed by atoms with Crippen LogP contribution in [0.3, 0.4) is 0 Å². The summed E-state index contributed by atoms with van der Waals surface area (Å²) < 4.78 is 28.7. The van der Waals surface area contributed by atoms with Gasteiger partial charge < -0.3 is 4.90 Å².